The highest BCUT2D eigenvalue weighted by molar-refractivity contribution is 4.94. The van der Waals surface area contributed by atoms with Crippen molar-refractivity contribution in [2.24, 2.45) is 11.7 Å². The van der Waals surface area contributed by atoms with Crippen LogP contribution in [0.25, 0.3) is 0 Å². The second kappa shape index (κ2) is 4.84. The highest BCUT2D eigenvalue weighted by Crippen LogP contribution is 2.31. The average Bonchev–Trinajstić information content (AvgIpc) is 2.40. The van der Waals surface area contributed by atoms with Gasteiger partial charge < -0.3 is 15.4 Å². The molecule has 0 radical (unpaired) electrons. The highest BCUT2D eigenvalue weighted by Gasteiger charge is 2.39. The molecule has 4 aliphatic heterocycles. The molecule has 0 saturated carbocycles. The molecule has 4 nitrogen and oxygen atoms in total. The van der Waals surface area contributed by atoms with Crippen molar-refractivity contribution in [3.63, 3.8) is 0 Å². The maximum Gasteiger partial charge on any atom is 0.0850 e. The minimum absolute atomic E-state index is 0.152. The minimum atomic E-state index is 0.152. The molecular formula is C13H25N3O. The van der Waals surface area contributed by atoms with Gasteiger partial charge in [-0.25, -0.2) is 0 Å². The molecule has 4 saturated heterocycles. The molecule has 4 heterocycles. The maximum atomic E-state index is 5.97. The zero-order chi connectivity index (χ0) is 11.8. The predicted octanol–water partition coefficient (Wildman–Crippen LogP) is 0.129. The number of hydrogen-bond donors (Lipinski definition) is 1. The molecule has 0 spiro atoms. The Morgan fingerprint density at radius 2 is 1.94 bits per heavy atom. The fourth-order valence-corrected chi connectivity index (χ4v) is 3.66. The van der Waals surface area contributed by atoms with E-state index in [2.05, 4.69) is 16.7 Å². The number of hydrogen-bond acceptors (Lipinski definition) is 4. The molecular weight excluding hydrogens is 214 g/mol. The topological polar surface area (TPSA) is 41.7 Å². The van der Waals surface area contributed by atoms with Crippen LogP contribution < -0.4 is 5.73 Å². The molecule has 4 fully saturated rings. The van der Waals surface area contributed by atoms with Gasteiger partial charge in [0.05, 0.1) is 12.7 Å². The van der Waals surface area contributed by atoms with Crippen LogP contribution in [0.5, 0.6) is 0 Å². The molecule has 98 valence electrons. The summed E-state index contributed by atoms with van der Waals surface area (Å²) in [6, 6.07) is 0.918. The third-order valence-electron chi connectivity index (χ3n) is 4.80. The summed E-state index contributed by atoms with van der Waals surface area (Å²) in [5.74, 6) is 0.923. The first kappa shape index (κ1) is 11.9. The van der Waals surface area contributed by atoms with Crippen molar-refractivity contribution in [1.29, 1.82) is 0 Å². The lowest BCUT2D eigenvalue weighted by molar-refractivity contribution is -0.0834. The lowest BCUT2D eigenvalue weighted by atomic mass is 9.83. The van der Waals surface area contributed by atoms with Gasteiger partial charge in [0, 0.05) is 31.7 Å². The summed E-state index contributed by atoms with van der Waals surface area (Å²) in [5.41, 5.74) is 5.97. The van der Waals surface area contributed by atoms with Gasteiger partial charge in [0.2, 0.25) is 0 Å². The van der Waals surface area contributed by atoms with Crippen molar-refractivity contribution in [3.05, 3.63) is 0 Å². The summed E-state index contributed by atoms with van der Waals surface area (Å²) in [6.07, 6.45) is 3.02. The highest BCUT2D eigenvalue weighted by atomic mass is 16.5. The Labute approximate surface area is 104 Å². The lowest BCUT2D eigenvalue weighted by Gasteiger charge is -2.51. The molecule has 0 aliphatic carbocycles. The van der Waals surface area contributed by atoms with Crippen molar-refractivity contribution < 1.29 is 4.74 Å². The van der Waals surface area contributed by atoms with E-state index in [-0.39, 0.29) is 12.1 Å². The average molecular weight is 239 g/mol. The van der Waals surface area contributed by atoms with E-state index in [1.54, 1.807) is 0 Å². The van der Waals surface area contributed by atoms with Crippen LogP contribution in [0.4, 0.5) is 0 Å². The van der Waals surface area contributed by atoms with Crippen LogP contribution >= 0.6 is 0 Å². The standard InChI is InChI=1S/C13H25N3O/c1-10(14)13-9-16(6-7-17-13)12-8-15-4-2-11(12)3-5-15/h10-13H,2-9,14H2,1H3. The van der Waals surface area contributed by atoms with E-state index in [0.717, 1.165) is 31.7 Å². The first-order valence-corrected chi connectivity index (χ1v) is 7.07. The zero-order valence-electron chi connectivity index (χ0n) is 10.8. The van der Waals surface area contributed by atoms with E-state index in [4.69, 9.17) is 10.5 Å². The SMILES string of the molecule is CC(N)C1CN(C2CN3CCC2CC3)CCO1. The van der Waals surface area contributed by atoms with Crippen molar-refractivity contribution in [1.82, 2.24) is 9.80 Å². The Morgan fingerprint density at radius 3 is 2.53 bits per heavy atom. The third kappa shape index (κ3) is 2.36. The minimum Gasteiger partial charge on any atom is -0.374 e. The number of ether oxygens (including phenoxy) is 1. The van der Waals surface area contributed by atoms with Crippen LogP contribution in [-0.2, 0) is 4.74 Å². The molecule has 0 aromatic rings. The quantitative estimate of drug-likeness (QED) is 0.744. The van der Waals surface area contributed by atoms with Crippen LogP contribution in [-0.4, -0.2) is 67.3 Å². The van der Waals surface area contributed by atoms with Crippen LogP contribution in [0.15, 0.2) is 0 Å². The van der Waals surface area contributed by atoms with Gasteiger partial charge in [0.15, 0.2) is 0 Å². The van der Waals surface area contributed by atoms with E-state index in [0.29, 0.717) is 0 Å². The van der Waals surface area contributed by atoms with E-state index >= 15 is 0 Å². The molecule has 4 rings (SSSR count). The number of piperidine rings is 3. The van der Waals surface area contributed by atoms with Gasteiger partial charge in [-0.1, -0.05) is 0 Å². The van der Waals surface area contributed by atoms with Gasteiger partial charge >= 0.3 is 0 Å². The third-order valence-corrected chi connectivity index (χ3v) is 4.80. The normalized spacial score (nSPS) is 44.8. The monoisotopic (exact) mass is 239 g/mol. The summed E-state index contributed by atoms with van der Waals surface area (Å²) in [7, 11) is 0. The molecule has 4 aliphatic rings. The molecule has 2 N–H and O–H groups in total. The number of rotatable bonds is 2. The van der Waals surface area contributed by atoms with Gasteiger partial charge in [-0.15, -0.1) is 0 Å². The van der Waals surface area contributed by atoms with E-state index in [1.807, 2.05) is 0 Å². The van der Waals surface area contributed by atoms with Gasteiger partial charge in [-0.3, -0.25) is 4.90 Å². The van der Waals surface area contributed by atoms with E-state index < -0.39 is 0 Å². The molecule has 0 aromatic heterocycles. The second-order valence-corrected chi connectivity index (χ2v) is 5.97. The van der Waals surface area contributed by atoms with Gasteiger partial charge in [0.1, 0.15) is 0 Å². The first-order chi connectivity index (χ1) is 8.24. The molecule has 17 heavy (non-hydrogen) atoms. The van der Waals surface area contributed by atoms with Gasteiger partial charge in [-0.05, 0) is 38.8 Å². The zero-order valence-corrected chi connectivity index (χ0v) is 10.8. The van der Waals surface area contributed by atoms with Gasteiger partial charge in [-0.2, -0.15) is 0 Å². The van der Waals surface area contributed by atoms with Crippen molar-refractivity contribution in [2.45, 2.75) is 38.0 Å². The summed E-state index contributed by atoms with van der Waals surface area (Å²) in [5, 5.41) is 0. The molecule has 0 amide bonds. The van der Waals surface area contributed by atoms with Gasteiger partial charge in [0.25, 0.3) is 0 Å². The summed E-state index contributed by atoms with van der Waals surface area (Å²) in [6.45, 7) is 8.96. The summed E-state index contributed by atoms with van der Waals surface area (Å²) >= 11 is 0. The summed E-state index contributed by atoms with van der Waals surface area (Å²) in [4.78, 5) is 5.27. The summed E-state index contributed by atoms with van der Waals surface area (Å²) < 4.78 is 5.76. The number of morpholine rings is 1. The second-order valence-electron chi connectivity index (χ2n) is 5.97. The fraction of sp³-hybridized carbons (Fsp3) is 1.00. The largest absolute Gasteiger partial charge is 0.374 e. The van der Waals surface area contributed by atoms with Crippen LogP contribution in [0.2, 0.25) is 0 Å². The van der Waals surface area contributed by atoms with Crippen molar-refractivity contribution >= 4 is 0 Å². The molecule has 3 atom stereocenters. The maximum absolute atomic E-state index is 5.97. The first-order valence-electron chi connectivity index (χ1n) is 7.07. The van der Waals surface area contributed by atoms with E-state index in [1.165, 1.54) is 32.5 Å². The molecule has 3 unspecified atom stereocenters. The number of fused-ring (bicyclic) bond motifs is 3. The molecule has 2 bridgehead atoms. The Morgan fingerprint density at radius 1 is 1.18 bits per heavy atom. The molecule has 0 aromatic carbocycles. The number of nitrogens with zero attached hydrogens (tertiary/aromatic N) is 2. The van der Waals surface area contributed by atoms with Crippen LogP contribution in [0, 0.1) is 5.92 Å². The predicted molar refractivity (Wildman–Crippen MR) is 67.9 cm³/mol. The Balaban J connectivity index is 1.64. The van der Waals surface area contributed by atoms with E-state index in [9.17, 15) is 0 Å². The lowest BCUT2D eigenvalue weighted by Crippen LogP contribution is -2.61. The smallest absolute Gasteiger partial charge is 0.0850 e. The Bertz CT molecular complexity index is 263. The van der Waals surface area contributed by atoms with Crippen molar-refractivity contribution in [2.75, 3.05) is 39.3 Å². The Hall–Kier alpha value is -0.160. The fourth-order valence-electron chi connectivity index (χ4n) is 3.66. The van der Waals surface area contributed by atoms with Crippen LogP contribution in [0.3, 0.4) is 0 Å². The molecule has 4 heteroatoms. The van der Waals surface area contributed by atoms with Crippen molar-refractivity contribution in [3.8, 4) is 0 Å². The van der Waals surface area contributed by atoms with Crippen LogP contribution in [0.1, 0.15) is 19.8 Å². The number of nitrogens with two attached hydrogens (primary N) is 1. The Kier molecular flexibility index (Phi) is 3.39.